The lowest BCUT2D eigenvalue weighted by Gasteiger charge is -1.97. The fraction of sp³-hybridized carbons (Fsp3) is 0.222. The highest BCUT2D eigenvalue weighted by atomic mass is 16.5. The molecule has 0 aliphatic heterocycles. The van der Waals surface area contributed by atoms with Gasteiger partial charge in [0.25, 0.3) is 0 Å². The zero-order valence-corrected chi connectivity index (χ0v) is 13.7. The number of phenols is 1. The van der Waals surface area contributed by atoms with E-state index in [1.165, 1.54) is 6.21 Å². The van der Waals surface area contributed by atoms with Gasteiger partial charge in [0.15, 0.2) is 0 Å². The van der Waals surface area contributed by atoms with Crippen molar-refractivity contribution >= 4 is 12.1 Å². The summed E-state index contributed by atoms with van der Waals surface area (Å²) in [6.07, 6.45) is 8.10. The third-order valence-corrected chi connectivity index (χ3v) is 2.62. The van der Waals surface area contributed by atoms with Crippen molar-refractivity contribution in [3.8, 4) is 5.75 Å². The molecule has 124 valence electrons. The number of hydrogen-bond donors (Lipinski definition) is 2. The van der Waals surface area contributed by atoms with Crippen LogP contribution in [0.3, 0.4) is 0 Å². The third kappa shape index (κ3) is 10.5. The second kappa shape index (κ2) is 12.9. The second-order valence-electron chi connectivity index (χ2n) is 4.33. The third-order valence-electron chi connectivity index (χ3n) is 2.62. The first-order valence-corrected chi connectivity index (χ1v) is 7.10. The number of hydrazone groups is 1. The van der Waals surface area contributed by atoms with Gasteiger partial charge >= 0.3 is 0 Å². The predicted octanol–water partition coefficient (Wildman–Crippen LogP) is 3.53. The first kappa shape index (κ1) is 20.2. The minimum absolute atomic E-state index is 0.151. The zero-order valence-electron chi connectivity index (χ0n) is 13.7. The van der Waals surface area contributed by atoms with Crippen molar-refractivity contribution in [3.05, 3.63) is 67.0 Å². The molecule has 0 aliphatic carbocycles. The zero-order chi connectivity index (χ0) is 17.5. The maximum atomic E-state index is 11.5. The topological polar surface area (TPSA) is 70.9 Å². The highest BCUT2D eigenvalue weighted by Crippen LogP contribution is 2.07. The van der Waals surface area contributed by atoms with E-state index < -0.39 is 0 Å². The number of phenolic OH excluding ortho intramolecular Hbond substituents is 1. The quantitative estimate of drug-likeness (QED) is 0.266. The molecule has 0 aliphatic rings. The summed E-state index contributed by atoms with van der Waals surface area (Å²) >= 11 is 0. The Morgan fingerprint density at radius 2 is 2.00 bits per heavy atom. The molecule has 0 saturated heterocycles. The molecule has 1 rings (SSSR count). The molecule has 0 atom stereocenters. The van der Waals surface area contributed by atoms with Crippen LogP contribution < -0.4 is 5.43 Å². The summed E-state index contributed by atoms with van der Waals surface area (Å²) < 4.78 is 4.98. The lowest BCUT2D eigenvalue weighted by atomic mass is 10.2. The van der Waals surface area contributed by atoms with Gasteiger partial charge < -0.3 is 9.84 Å². The number of allylic oxidation sites excluding steroid dienone is 4. The van der Waals surface area contributed by atoms with E-state index in [4.69, 9.17) is 9.84 Å². The summed E-state index contributed by atoms with van der Waals surface area (Å²) in [6, 6.07) is 6.53. The van der Waals surface area contributed by atoms with Gasteiger partial charge in [-0.1, -0.05) is 12.2 Å². The van der Waals surface area contributed by atoms with Gasteiger partial charge in [0, 0.05) is 6.42 Å². The number of carbonyl (C=O) groups is 1. The molecule has 1 aromatic carbocycles. The summed E-state index contributed by atoms with van der Waals surface area (Å²) in [4.78, 5) is 11.5. The molecule has 0 fully saturated rings. The lowest BCUT2D eigenvalue weighted by Crippen LogP contribution is -2.16. The van der Waals surface area contributed by atoms with Gasteiger partial charge in [0.2, 0.25) is 5.91 Å². The number of aromatic hydroxyl groups is 1. The number of benzene rings is 1. The Bertz CT molecular complexity index is 546. The molecular formula is C18H24N2O3. The average Bonchev–Trinajstić information content (AvgIpc) is 2.58. The van der Waals surface area contributed by atoms with Gasteiger partial charge in [-0.15, -0.1) is 13.2 Å². The SMILES string of the molecule is C=C.CO/C(C)=C/C=C\CCC(=O)N/N=C/c1ccc(O)cc1. The van der Waals surface area contributed by atoms with Crippen LogP contribution in [0, 0.1) is 0 Å². The van der Waals surface area contributed by atoms with Crippen molar-refractivity contribution in [1.82, 2.24) is 5.43 Å². The van der Waals surface area contributed by atoms with Crippen molar-refractivity contribution in [2.45, 2.75) is 19.8 Å². The standard InChI is InChI=1S/C16H20N2O3.C2H4/c1-13(21-2)6-4-3-5-7-16(20)18-17-12-14-8-10-15(19)11-9-14;1-2/h3-4,6,8-12,19H,5,7H2,1-2H3,(H,18,20);1-2H2/b4-3-,13-6+,17-12+;. The molecule has 1 amide bonds. The number of ether oxygens (including phenoxy) is 1. The van der Waals surface area contributed by atoms with E-state index in [1.807, 2.05) is 25.2 Å². The fourth-order valence-corrected chi connectivity index (χ4v) is 1.38. The number of amides is 1. The molecule has 0 heterocycles. The summed E-state index contributed by atoms with van der Waals surface area (Å²) in [5.74, 6) is 0.858. The van der Waals surface area contributed by atoms with Crippen LogP contribution in [0.5, 0.6) is 5.75 Å². The molecule has 23 heavy (non-hydrogen) atoms. The van der Waals surface area contributed by atoms with E-state index >= 15 is 0 Å². The van der Waals surface area contributed by atoms with Crippen LogP contribution in [-0.2, 0) is 9.53 Å². The van der Waals surface area contributed by atoms with Gasteiger partial charge in [-0.25, -0.2) is 5.43 Å². The number of carbonyl (C=O) groups excluding carboxylic acids is 1. The van der Waals surface area contributed by atoms with Crippen molar-refractivity contribution in [3.63, 3.8) is 0 Å². The summed E-state index contributed by atoms with van der Waals surface area (Å²) in [5, 5.41) is 13.0. The summed E-state index contributed by atoms with van der Waals surface area (Å²) in [5.41, 5.74) is 3.25. The maximum Gasteiger partial charge on any atom is 0.240 e. The van der Waals surface area contributed by atoms with Crippen LogP contribution in [0.2, 0.25) is 0 Å². The molecule has 0 spiro atoms. The number of hydrogen-bond acceptors (Lipinski definition) is 4. The number of nitrogens with zero attached hydrogens (tertiary/aromatic N) is 1. The molecule has 5 heteroatoms. The Kier molecular flexibility index (Phi) is 11.3. The van der Waals surface area contributed by atoms with Crippen LogP contribution in [0.4, 0.5) is 0 Å². The van der Waals surface area contributed by atoms with Crippen LogP contribution in [0.1, 0.15) is 25.3 Å². The minimum atomic E-state index is -0.151. The van der Waals surface area contributed by atoms with E-state index in [1.54, 1.807) is 31.4 Å². The Hall–Kier alpha value is -2.82. The largest absolute Gasteiger partial charge is 0.508 e. The maximum absolute atomic E-state index is 11.5. The molecule has 0 saturated carbocycles. The molecule has 2 N–H and O–H groups in total. The molecule has 0 radical (unpaired) electrons. The van der Waals surface area contributed by atoms with Crippen molar-refractivity contribution < 1.29 is 14.6 Å². The van der Waals surface area contributed by atoms with E-state index in [0.29, 0.717) is 12.8 Å². The summed E-state index contributed by atoms with van der Waals surface area (Å²) in [6.45, 7) is 7.86. The monoisotopic (exact) mass is 316 g/mol. The number of methoxy groups -OCH3 is 1. The van der Waals surface area contributed by atoms with Gasteiger partial charge in [-0.3, -0.25) is 4.79 Å². The highest BCUT2D eigenvalue weighted by molar-refractivity contribution is 5.82. The van der Waals surface area contributed by atoms with E-state index in [0.717, 1.165) is 11.3 Å². The van der Waals surface area contributed by atoms with Gasteiger partial charge in [-0.2, -0.15) is 5.10 Å². The van der Waals surface area contributed by atoms with Crippen LogP contribution in [0.15, 0.2) is 66.5 Å². The van der Waals surface area contributed by atoms with Gasteiger partial charge in [0.1, 0.15) is 5.75 Å². The Morgan fingerprint density at radius 3 is 2.61 bits per heavy atom. The second-order valence-corrected chi connectivity index (χ2v) is 4.33. The van der Waals surface area contributed by atoms with E-state index in [9.17, 15) is 4.79 Å². The Labute approximate surface area is 137 Å². The first-order valence-electron chi connectivity index (χ1n) is 7.10. The van der Waals surface area contributed by atoms with E-state index in [2.05, 4.69) is 23.7 Å². The lowest BCUT2D eigenvalue weighted by molar-refractivity contribution is -0.120. The van der Waals surface area contributed by atoms with E-state index in [-0.39, 0.29) is 11.7 Å². The van der Waals surface area contributed by atoms with Crippen molar-refractivity contribution in [2.24, 2.45) is 5.10 Å². The van der Waals surface area contributed by atoms with Crippen LogP contribution in [0.25, 0.3) is 0 Å². The first-order chi connectivity index (χ1) is 11.1. The van der Waals surface area contributed by atoms with Gasteiger partial charge in [-0.05, 0) is 49.2 Å². The normalized spacial score (nSPS) is 11.1. The molecule has 5 nitrogen and oxygen atoms in total. The number of rotatable bonds is 7. The number of nitrogens with one attached hydrogen (secondary N) is 1. The van der Waals surface area contributed by atoms with Gasteiger partial charge in [0.05, 0.1) is 19.1 Å². The Morgan fingerprint density at radius 1 is 1.35 bits per heavy atom. The summed E-state index contributed by atoms with van der Waals surface area (Å²) in [7, 11) is 1.61. The molecule has 0 unspecified atom stereocenters. The smallest absolute Gasteiger partial charge is 0.240 e. The molecule has 1 aromatic rings. The van der Waals surface area contributed by atoms with Crippen molar-refractivity contribution in [1.29, 1.82) is 0 Å². The fourth-order valence-electron chi connectivity index (χ4n) is 1.38. The van der Waals surface area contributed by atoms with Crippen molar-refractivity contribution in [2.75, 3.05) is 7.11 Å². The van der Waals surface area contributed by atoms with Crippen LogP contribution >= 0.6 is 0 Å². The highest BCUT2D eigenvalue weighted by Gasteiger charge is 1.96. The van der Waals surface area contributed by atoms with Crippen LogP contribution in [-0.4, -0.2) is 24.3 Å². The minimum Gasteiger partial charge on any atom is -0.508 e. The molecule has 0 bridgehead atoms. The molecular weight excluding hydrogens is 292 g/mol. The molecule has 0 aromatic heterocycles. The average molecular weight is 316 g/mol. The predicted molar refractivity (Wildman–Crippen MR) is 94.2 cm³/mol. The Balaban J connectivity index is 0.00000232.